The van der Waals surface area contributed by atoms with Crippen LogP contribution in [0.15, 0.2) is 23.2 Å². The van der Waals surface area contributed by atoms with Gasteiger partial charge in [-0.1, -0.05) is 12.1 Å². The van der Waals surface area contributed by atoms with E-state index in [0.29, 0.717) is 19.1 Å². The van der Waals surface area contributed by atoms with Crippen molar-refractivity contribution in [2.45, 2.75) is 51.7 Å². The topological polar surface area (TPSA) is 60.1 Å². The van der Waals surface area contributed by atoms with Gasteiger partial charge in [0.2, 0.25) is 0 Å². The molecular formula is C19H30IN3O2. The van der Waals surface area contributed by atoms with E-state index in [1.54, 1.807) is 0 Å². The molecule has 6 heteroatoms. The first-order valence-corrected chi connectivity index (χ1v) is 9.11. The second-order valence-electron chi connectivity index (χ2n) is 6.78. The van der Waals surface area contributed by atoms with Gasteiger partial charge in [0, 0.05) is 25.3 Å². The van der Waals surface area contributed by atoms with Crippen LogP contribution in [0.4, 0.5) is 0 Å². The van der Waals surface area contributed by atoms with Gasteiger partial charge in [0.25, 0.3) is 0 Å². The molecule has 1 unspecified atom stereocenters. The monoisotopic (exact) mass is 459 g/mol. The number of likely N-dealkylation sites (tertiary alicyclic amines) is 1. The Labute approximate surface area is 168 Å². The fraction of sp³-hybridized carbons (Fsp3) is 0.632. The molecule has 1 aromatic rings. The Morgan fingerprint density at radius 2 is 2.08 bits per heavy atom. The lowest BCUT2D eigenvalue weighted by molar-refractivity contribution is 0.0676. The van der Waals surface area contributed by atoms with Crippen LogP contribution in [-0.4, -0.2) is 43.3 Å². The van der Waals surface area contributed by atoms with Gasteiger partial charge in [-0.25, -0.2) is 4.99 Å². The first-order chi connectivity index (χ1) is 11.7. The number of nitrogens with zero attached hydrogens (tertiary/aromatic N) is 2. The van der Waals surface area contributed by atoms with Crippen LogP contribution in [0.1, 0.15) is 43.2 Å². The van der Waals surface area contributed by atoms with Crippen molar-refractivity contribution in [3.63, 3.8) is 0 Å². The van der Waals surface area contributed by atoms with Gasteiger partial charge in [0.05, 0.1) is 12.6 Å². The maximum Gasteiger partial charge on any atom is 0.191 e. The zero-order chi connectivity index (χ0) is 16.8. The van der Waals surface area contributed by atoms with Crippen LogP contribution in [0.2, 0.25) is 0 Å². The summed E-state index contributed by atoms with van der Waals surface area (Å²) in [6, 6.07) is 6.27. The van der Waals surface area contributed by atoms with E-state index in [1.807, 2.05) is 0 Å². The van der Waals surface area contributed by atoms with Gasteiger partial charge in [-0.15, -0.1) is 24.0 Å². The zero-order valence-corrected chi connectivity index (χ0v) is 17.4. The molecule has 0 amide bonds. The summed E-state index contributed by atoms with van der Waals surface area (Å²) in [5.74, 6) is 1.56. The van der Waals surface area contributed by atoms with Gasteiger partial charge in [0.1, 0.15) is 12.4 Å². The van der Waals surface area contributed by atoms with E-state index < -0.39 is 0 Å². The van der Waals surface area contributed by atoms with Gasteiger partial charge >= 0.3 is 0 Å². The van der Waals surface area contributed by atoms with Gasteiger partial charge < -0.3 is 20.1 Å². The maximum atomic E-state index is 6.16. The molecule has 140 valence electrons. The molecule has 5 nitrogen and oxygen atoms in total. The molecule has 1 aromatic carbocycles. The summed E-state index contributed by atoms with van der Waals surface area (Å²) in [5.41, 5.74) is 8.44. The van der Waals surface area contributed by atoms with E-state index in [2.05, 4.69) is 35.0 Å². The Morgan fingerprint density at radius 3 is 2.80 bits per heavy atom. The van der Waals surface area contributed by atoms with Crippen LogP contribution in [-0.2, 0) is 11.3 Å². The molecule has 25 heavy (non-hydrogen) atoms. The molecule has 3 rings (SSSR count). The minimum atomic E-state index is 0. The van der Waals surface area contributed by atoms with Crippen molar-refractivity contribution in [3.8, 4) is 5.75 Å². The minimum absolute atomic E-state index is 0. The molecule has 0 bridgehead atoms. The molecule has 2 aliphatic rings. The van der Waals surface area contributed by atoms with Crippen molar-refractivity contribution in [1.29, 1.82) is 0 Å². The van der Waals surface area contributed by atoms with Crippen molar-refractivity contribution in [1.82, 2.24) is 4.90 Å². The SMILES string of the molecule is Cc1ccc(CN=C(N)N2CCCCC2)c(OCC2CCCO2)c1.I. The van der Waals surface area contributed by atoms with Crippen molar-refractivity contribution in [2.24, 2.45) is 10.7 Å². The largest absolute Gasteiger partial charge is 0.491 e. The average molecular weight is 459 g/mol. The van der Waals surface area contributed by atoms with Crippen LogP contribution in [0.5, 0.6) is 5.75 Å². The minimum Gasteiger partial charge on any atom is -0.491 e. The summed E-state index contributed by atoms with van der Waals surface area (Å²) in [6.45, 7) is 6.14. The Balaban J connectivity index is 0.00000225. The molecular weight excluding hydrogens is 429 g/mol. The van der Waals surface area contributed by atoms with Crippen LogP contribution >= 0.6 is 24.0 Å². The molecule has 0 saturated carbocycles. The molecule has 2 heterocycles. The predicted octanol–water partition coefficient (Wildman–Crippen LogP) is 3.47. The fourth-order valence-electron chi connectivity index (χ4n) is 3.27. The number of ether oxygens (including phenoxy) is 2. The number of aryl methyl sites for hydroxylation is 1. The average Bonchev–Trinajstić information content (AvgIpc) is 3.13. The summed E-state index contributed by atoms with van der Waals surface area (Å²) in [5, 5.41) is 0. The van der Waals surface area contributed by atoms with Crippen LogP contribution in [0.3, 0.4) is 0 Å². The van der Waals surface area contributed by atoms with Gasteiger partial charge in [-0.3, -0.25) is 0 Å². The van der Waals surface area contributed by atoms with E-state index in [1.165, 1.54) is 24.8 Å². The normalized spacial score (nSPS) is 21.1. The molecule has 2 fully saturated rings. The van der Waals surface area contributed by atoms with E-state index in [0.717, 1.165) is 43.9 Å². The third-order valence-electron chi connectivity index (χ3n) is 4.76. The summed E-state index contributed by atoms with van der Waals surface area (Å²) < 4.78 is 11.7. The zero-order valence-electron chi connectivity index (χ0n) is 15.1. The van der Waals surface area contributed by atoms with Crippen LogP contribution < -0.4 is 10.5 Å². The number of halogens is 1. The first kappa shape index (κ1) is 20.3. The lowest BCUT2D eigenvalue weighted by Crippen LogP contribution is -2.40. The highest BCUT2D eigenvalue weighted by Crippen LogP contribution is 2.23. The summed E-state index contributed by atoms with van der Waals surface area (Å²) >= 11 is 0. The van der Waals surface area contributed by atoms with Gasteiger partial charge in [-0.05, 0) is 50.7 Å². The van der Waals surface area contributed by atoms with E-state index in [-0.39, 0.29) is 30.1 Å². The molecule has 0 aliphatic carbocycles. The number of aliphatic imine (C=N–C) groups is 1. The molecule has 1 atom stereocenters. The number of piperidine rings is 1. The quantitative estimate of drug-likeness (QED) is 0.416. The highest BCUT2D eigenvalue weighted by Gasteiger charge is 2.17. The molecule has 2 aliphatic heterocycles. The lowest BCUT2D eigenvalue weighted by atomic mass is 10.1. The fourth-order valence-corrected chi connectivity index (χ4v) is 3.27. The summed E-state index contributed by atoms with van der Waals surface area (Å²) in [7, 11) is 0. The molecule has 0 radical (unpaired) electrons. The third kappa shape index (κ3) is 6.02. The van der Waals surface area contributed by atoms with Gasteiger partial charge in [0.15, 0.2) is 5.96 Å². The second kappa shape index (κ2) is 10.2. The Bertz CT molecular complexity index is 568. The predicted molar refractivity (Wildman–Crippen MR) is 112 cm³/mol. The van der Waals surface area contributed by atoms with E-state index >= 15 is 0 Å². The summed E-state index contributed by atoms with van der Waals surface area (Å²) in [4.78, 5) is 6.78. The standard InChI is InChI=1S/C19H29N3O2.HI/c1-15-7-8-16(13-21-19(20)22-9-3-2-4-10-22)18(12-15)24-14-17-6-5-11-23-17;/h7-8,12,17H,2-6,9-11,13-14H2,1H3,(H2,20,21);1H. The number of guanidine groups is 1. The van der Waals surface area contributed by atoms with Crippen LogP contribution in [0.25, 0.3) is 0 Å². The van der Waals surface area contributed by atoms with Crippen molar-refractivity contribution < 1.29 is 9.47 Å². The smallest absolute Gasteiger partial charge is 0.191 e. The Hall–Kier alpha value is -1.02. The third-order valence-corrected chi connectivity index (χ3v) is 4.76. The van der Waals surface area contributed by atoms with Crippen LogP contribution in [0, 0.1) is 6.92 Å². The van der Waals surface area contributed by atoms with E-state index in [4.69, 9.17) is 15.2 Å². The Morgan fingerprint density at radius 1 is 1.28 bits per heavy atom. The molecule has 2 saturated heterocycles. The lowest BCUT2D eigenvalue weighted by Gasteiger charge is -2.27. The number of hydrogen-bond acceptors (Lipinski definition) is 3. The van der Waals surface area contributed by atoms with Crippen molar-refractivity contribution >= 4 is 29.9 Å². The highest BCUT2D eigenvalue weighted by molar-refractivity contribution is 14.0. The van der Waals surface area contributed by atoms with E-state index in [9.17, 15) is 0 Å². The van der Waals surface area contributed by atoms with Crippen molar-refractivity contribution in [2.75, 3.05) is 26.3 Å². The number of rotatable bonds is 5. The van der Waals surface area contributed by atoms with Gasteiger partial charge in [-0.2, -0.15) is 0 Å². The molecule has 0 spiro atoms. The number of nitrogens with two attached hydrogens (primary N) is 1. The van der Waals surface area contributed by atoms with Crippen molar-refractivity contribution in [3.05, 3.63) is 29.3 Å². The maximum absolute atomic E-state index is 6.16. The number of hydrogen-bond donors (Lipinski definition) is 1. The summed E-state index contributed by atoms with van der Waals surface area (Å²) in [6.07, 6.45) is 6.14. The molecule has 0 aromatic heterocycles. The second-order valence-corrected chi connectivity index (χ2v) is 6.78. The number of benzene rings is 1. The molecule has 2 N–H and O–H groups in total. The Kier molecular flexibility index (Phi) is 8.29. The first-order valence-electron chi connectivity index (χ1n) is 9.11. The highest BCUT2D eigenvalue weighted by atomic mass is 127.